The van der Waals surface area contributed by atoms with Gasteiger partial charge in [0.2, 0.25) is 0 Å². The second-order valence-corrected chi connectivity index (χ2v) is 9.26. The molecule has 6 nitrogen and oxygen atoms in total. The van der Waals surface area contributed by atoms with Crippen LogP contribution in [0.4, 0.5) is 5.69 Å². The molecular formula is C30H25NO5. The standard InChI is InChI=1S/C30H25NO5/c1-3-36-23-15-9-7-13-21(23)25-26(29(34)35-2)31-22-14-8-4-10-18(22)16-17-24(31)30(25)27(32)19-11-5-6-12-20(19)28(30)33/h4-17,24-26H,3H2,1-2H3/t24-,25+,26-/m1/s1. The van der Waals surface area contributed by atoms with Crippen molar-refractivity contribution in [2.45, 2.75) is 24.9 Å². The topological polar surface area (TPSA) is 72.9 Å². The number of ether oxygens (including phenoxy) is 2. The van der Waals surface area contributed by atoms with Gasteiger partial charge in [-0.05, 0) is 24.6 Å². The molecule has 0 aromatic heterocycles. The molecule has 180 valence electrons. The largest absolute Gasteiger partial charge is 0.494 e. The third-order valence-electron chi connectivity index (χ3n) is 7.71. The Labute approximate surface area is 209 Å². The number of esters is 1. The highest BCUT2D eigenvalue weighted by Gasteiger charge is 2.72. The number of ketones is 2. The van der Waals surface area contributed by atoms with Gasteiger partial charge >= 0.3 is 5.97 Å². The second kappa shape index (κ2) is 8.19. The van der Waals surface area contributed by atoms with Crippen molar-refractivity contribution >= 4 is 29.3 Å². The summed E-state index contributed by atoms with van der Waals surface area (Å²) in [5.74, 6) is -1.34. The molecule has 1 aliphatic carbocycles. The molecule has 1 spiro atoms. The Bertz CT molecular complexity index is 1410. The molecule has 1 fully saturated rings. The molecule has 2 aliphatic heterocycles. The van der Waals surface area contributed by atoms with E-state index in [2.05, 4.69) is 0 Å². The van der Waals surface area contributed by atoms with Crippen LogP contribution in [-0.2, 0) is 9.53 Å². The van der Waals surface area contributed by atoms with Crippen LogP contribution in [0.2, 0.25) is 0 Å². The van der Waals surface area contributed by atoms with E-state index in [9.17, 15) is 14.4 Å². The zero-order valence-corrected chi connectivity index (χ0v) is 20.0. The lowest BCUT2D eigenvalue weighted by atomic mass is 9.64. The van der Waals surface area contributed by atoms with Gasteiger partial charge < -0.3 is 14.4 Å². The first-order chi connectivity index (χ1) is 17.6. The number of carbonyl (C=O) groups is 3. The van der Waals surface area contributed by atoms with Gasteiger partial charge in [-0.2, -0.15) is 0 Å². The molecule has 1 saturated heterocycles. The Morgan fingerprint density at radius 1 is 0.917 bits per heavy atom. The highest BCUT2D eigenvalue weighted by atomic mass is 16.5. The third kappa shape index (κ3) is 2.75. The monoisotopic (exact) mass is 479 g/mol. The SMILES string of the molecule is CCOc1ccccc1[C@H]1[C@H](C(=O)OC)N2c3ccccc3C=C[C@@H]2C12C(=O)c1ccccc1C2=O. The van der Waals surface area contributed by atoms with Crippen molar-refractivity contribution in [1.29, 1.82) is 0 Å². The summed E-state index contributed by atoms with van der Waals surface area (Å²) < 4.78 is 11.3. The average molecular weight is 480 g/mol. The number of para-hydroxylation sites is 2. The molecule has 36 heavy (non-hydrogen) atoms. The fraction of sp³-hybridized carbons (Fsp3) is 0.233. The maximum atomic E-state index is 14.4. The van der Waals surface area contributed by atoms with E-state index in [1.165, 1.54) is 7.11 Å². The molecule has 0 N–H and O–H groups in total. The van der Waals surface area contributed by atoms with Crippen molar-refractivity contribution in [3.8, 4) is 5.75 Å². The molecule has 6 heteroatoms. The molecule has 3 aliphatic rings. The van der Waals surface area contributed by atoms with Gasteiger partial charge in [-0.1, -0.05) is 72.8 Å². The zero-order valence-electron chi connectivity index (χ0n) is 20.0. The van der Waals surface area contributed by atoms with Crippen LogP contribution in [0, 0.1) is 5.41 Å². The summed E-state index contributed by atoms with van der Waals surface area (Å²) in [7, 11) is 1.34. The van der Waals surface area contributed by atoms with E-state index >= 15 is 0 Å². The smallest absolute Gasteiger partial charge is 0.329 e. The van der Waals surface area contributed by atoms with Crippen molar-refractivity contribution in [3.63, 3.8) is 0 Å². The zero-order chi connectivity index (χ0) is 25.0. The minimum atomic E-state index is -1.56. The number of fused-ring (bicyclic) bond motifs is 5. The van der Waals surface area contributed by atoms with Gasteiger partial charge in [0, 0.05) is 28.3 Å². The summed E-state index contributed by atoms with van der Waals surface area (Å²) in [6.45, 7) is 2.28. The van der Waals surface area contributed by atoms with E-state index in [-0.39, 0.29) is 11.6 Å². The van der Waals surface area contributed by atoms with Gasteiger partial charge in [0.15, 0.2) is 11.6 Å². The first-order valence-electron chi connectivity index (χ1n) is 12.1. The summed E-state index contributed by atoms with van der Waals surface area (Å²) in [5.41, 5.74) is 1.56. The van der Waals surface area contributed by atoms with Gasteiger partial charge in [0.05, 0.1) is 19.8 Å². The van der Waals surface area contributed by atoms with Crippen LogP contribution in [0.3, 0.4) is 0 Å². The number of Topliss-reactive ketones (excluding diaryl/α,β-unsaturated/α-hetero) is 2. The molecule has 0 saturated carbocycles. The molecule has 0 bridgehead atoms. The minimum absolute atomic E-state index is 0.273. The van der Waals surface area contributed by atoms with Gasteiger partial charge in [-0.15, -0.1) is 0 Å². The summed E-state index contributed by atoms with van der Waals surface area (Å²) in [5, 5.41) is 0. The van der Waals surface area contributed by atoms with Crippen molar-refractivity contribution in [2.24, 2.45) is 5.41 Å². The van der Waals surface area contributed by atoms with Crippen molar-refractivity contribution in [3.05, 3.63) is 101 Å². The number of rotatable bonds is 4. The highest BCUT2D eigenvalue weighted by molar-refractivity contribution is 6.32. The molecule has 0 amide bonds. The van der Waals surface area contributed by atoms with E-state index in [1.807, 2.05) is 72.5 Å². The fourth-order valence-corrected chi connectivity index (χ4v) is 6.38. The second-order valence-electron chi connectivity index (χ2n) is 9.26. The first kappa shape index (κ1) is 22.3. The van der Waals surface area contributed by atoms with Crippen LogP contribution in [0.15, 0.2) is 78.9 Å². The lowest BCUT2D eigenvalue weighted by molar-refractivity contribution is -0.142. The average Bonchev–Trinajstić information content (AvgIpc) is 3.35. The summed E-state index contributed by atoms with van der Waals surface area (Å²) in [6.07, 6.45) is 3.83. The molecule has 0 radical (unpaired) electrons. The summed E-state index contributed by atoms with van der Waals surface area (Å²) >= 11 is 0. The summed E-state index contributed by atoms with van der Waals surface area (Å²) in [4.78, 5) is 44.4. The molecule has 2 heterocycles. The number of hydrogen-bond donors (Lipinski definition) is 0. The molecule has 3 aromatic rings. The van der Waals surface area contributed by atoms with Crippen LogP contribution in [-0.4, -0.2) is 43.3 Å². The predicted octanol–water partition coefficient (Wildman–Crippen LogP) is 4.69. The molecule has 3 atom stereocenters. The van der Waals surface area contributed by atoms with Gasteiger partial charge in [-0.25, -0.2) is 4.79 Å². The normalized spacial score (nSPS) is 22.8. The number of hydrogen-bond acceptors (Lipinski definition) is 6. The van der Waals surface area contributed by atoms with E-state index in [4.69, 9.17) is 9.47 Å². The van der Waals surface area contributed by atoms with E-state index < -0.39 is 29.4 Å². The van der Waals surface area contributed by atoms with Crippen LogP contribution in [0.25, 0.3) is 6.08 Å². The maximum Gasteiger partial charge on any atom is 0.329 e. The minimum Gasteiger partial charge on any atom is -0.494 e. The van der Waals surface area contributed by atoms with Crippen LogP contribution >= 0.6 is 0 Å². The molecular weight excluding hydrogens is 454 g/mol. The van der Waals surface area contributed by atoms with Crippen LogP contribution in [0.1, 0.15) is 44.7 Å². The van der Waals surface area contributed by atoms with E-state index in [0.717, 1.165) is 11.3 Å². The van der Waals surface area contributed by atoms with Crippen molar-refractivity contribution in [1.82, 2.24) is 0 Å². The number of methoxy groups -OCH3 is 1. The van der Waals surface area contributed by atoms with Crippen molar-refractivity contribution < 1.29 is 23.9 Å². The quantitative estimate of drug-likeness (QED) is 0.399. The Kier molecular flexibility index (Phi) is 5.07. The highest BCUT2D eigenvalue weighted by Crippen LogP contribution is 2.61. The lowest BCUT2D eigenvalue weighted by Crippen LogP contribution is -2.48. The number of benzene rings is 3. The Hall–Kier alpha value is -4.19. The Morgan fingerprint density at radius 3 is 2.25 bits per heavy atom. The first-order valence-corrected chi connectivity index (χ1v) is 12.1. The molecule has 0 unspecified atom stereocenters. The van der Waals surface area contributed by atoms with E-state index in [0.29, 0.717) is 29.0 Å². The van der Waals surface area contributed by atoms with Gasteiger partial charge in [0.25, 0.3) is 0 Å². The van der Waals surface area contributed by atoms with E-state index in [1.54, 1.807) is 24.3 Å². The number of nitrogens with zero attached hydrogens (tertiary/aromatic N) is 1. The molecule has 3 aromatic carbocycles. The molecule has 6 rings (SSSR count). The van der Waals surface area contributed by atoms with Crippen LogP contribution in [0.5, 0.6) is 5.75 Å². The number of carbonyl (C=O) groups excluding carboxylic acids is 3. The van der Waals surface area contributed by atoms with Gasteiger partial charge in [0.1, 0.15) is 17.2 Å². The van der Waals surface area contributed by atoms with Gasteiger partial charge in [-0.3, -0.25) is 9.59 Å². The predicted molar refractivity (Wildman–Crippen MR) is 135 cm³/mol. The maximum absolute atomic E-state index is 14.4. The number of anilines is 1. The van der Waals surface area contributed by atoms with Crippen molar-refractivity contribution in [2.75, 3.05) is 18.6 Å². The fourth-order valence-electron chi connectivity index (χ4n) is 6.38. The lowest BCUT2D eigenvalue weighted by Gasteiger charge is -2.36. The Balaban J connectivity index is 1.70. The summed E-state index contributed by atoms with van der Waals surface area (Å²) in [6, 6.07) is 20.4. The van der Waals surface area contributed by atoms with Crippen LogP contribution < -0.4 is 9.64 Å². The third-order valence-corrected chi connectivity index (χ3v) is 7.71. The Morgan fingerprint density at radius 2 is 1.56 bits per heavy atom.